The predicted octanol–water partition coefficient (Wildman–Crippen LogP) is 0.584. The van der Waals surface area contributed by atoms with Crippen LogP contribution >= 0.6 is 11.6 Å². The van der Waals surface area contributed by atoms with E-state index in [1.165, 1.54) is 0 Å². The Morgan fingerprint density at radius 3 is 2.84 bits per heavy atom. The number of aromatic nitrogens is 2. The highest BCUT2D eigenvalue weighted by Crippen LogP contribution is 2.21. The molecule has 0 aliphatic carbocycles. The molecule has 0 bridgehead atoms. The van der Waals surface area contributed by atoms with Gasteiger partial charge in [-0.2, -0.15) is 4.98 Å². The number of nitrogens with two attached hydrogens (primary N) is 1. The Hall–Kier alpha value is -1.60. The van der Waals surface area contributed by atoms with Gasteiger partial charge in [-0.15, -0.1) is 0 Å². The highest BCUT2D eigenvalue weighted by atomic mass is 35.5. The van der Waals surface area contributed by atoms with E-state index in [2.05, 4.69) is 20.6 Å². The third-order valence-electron chi connectivity index (χ3n) is 2.46. The molecule has 1 amide bonds. The van der Waals surface area contributed by atoms with Crippen molar-refractivity contribution in [2.75, 3.05) is 31.3 Å². The molecule has 0 aliphatic rings. The molecule has 106 valence electrons. The molecule has 1 aromatic rings. The first-order chi connectivity index (χ1) is 8.95. The molecule has 0 aromatic carbocycles. The minimum Gasteiger partial charge on any atom is -0.394 e. The summed E-state index contributed by atoms with van der Waals surface area (Å²) in [5, 5.41) is 5.70. The average molecular weight is 288 g/mol. The van der Waals surface area contributed by atoms with Crippen molar-refractivity contribution >= 4 is 29.0 Å². The van der Waals surface area contributed by atoms with Gasteiger partial charge in [-0.1, -0.05) is 0 Å². The number of carbonyl (C=O) groups excluding carboxylic acids is 1. The maximum absolute atomic E-state index is 11.8. The molecular weight excluding hydrogens is 270 g/mol. The van der Waals surface area contributed by atoms with Gasteiger partial charge >= 0.3 is 0 Å². The monoisotopic (exact) mass is 287 g/mol. The van der Waals surface area contributed by atoms with E-state index in [1.54, 1.807) is 21.0 Å². The van der Waals surface area contributed by atoms with Crippen molar-refractivity contribution in [3.8, 4) is 0 Å². The lowest BCUT2D eigenvalue weighted by molar-refractivity contribution is -0.121. The van der Waals surface area contributed by atoms with E-state index in [0.29, 0.717) is 30.4 Å². The molecule has 1 unspecified atom stereocenters. The normalized spacial score (nSPS) is 12.0. The molecule has 1 atom stereocenters. The zero-order chi connectivity index (χ0) is 14.4. The third-order valence-corrected chi connectivity index (χ3v) is 2.63. The number of aryl methyl sites for hydroxylation is 1. The molecule has 4 N–H and O–H groups in total. The van der Waals surface area contributed by atoms with Gasteiger partial charge in [0.2, 0.25) is 11.2 Å². The Labute approximate surface area is 116 Å². The first-order valence-electron chi connectivity index (χ1n) is 5.78. The first-order valence-corrected chi connectivity index (χ1v) is 6.16. The van der Waals surface area contributed by atoms with Crippen LogP contribution in [0.4, 0.5) is 11.5 Å². The van der Waals surface area contributed by atoms with Crippen LogP contribution in [0.3, 0.4) is 0 Å². The van der Waals surface area contributed by atoms with E-state index >= 15 is 0 Å². The fraction of sp³-hybridized carbons (Fsp3) is 0.545. The second kappa shape index (κ2) is 7.10. The number of ether oxygens (including phenoxy) is 1. The second-order valence-corrected chi connectivity index (χ2v) is 4.33. The number of hydrogen-bond acceptors (Lipinski definition) is 6. The number of methoxy groups -OCH3 is 1. The van der Waals surface area contributed by atoms with E-state index in [4.69, 9.17) is 22.1 Å². The summed E-state index contributed by atoms with van der Waals surface area (Å²) in [5.74, 6) is 0.177. The van der Waals surface area contributed by atoms with E-state index in [9.17, 15) is 4.79 Å². The van der Waals surface area contributed by atoms with Gasteiger partial charge in [0.1, 0.15) is 6.04 Å². The minimum absolute atomic E-state index is 0.0844. The molecule has 19 heavy (non-hydrogen) atoms. The van der Waals surface area contributed by atoms with Gasteiger partial charge in [0, 0.05) is 13.7 Å². The molecule has 8 heteroatoms. The lowest BCUT2D eigenvalue weighted by Gasteiger charge is -2.16. The zero-order valence-electron chi connectivity index (χ0n) is 11.2. The molecule has 0 saturated carbocycles. The van der Waals surface area contributed by atoms with Crippen LogP contribution in [-0.4, -0.2) is 42.2 Å². The summed E-state index contributed by atoms with van der Waals surface area (Å²) in [6, 6.07) is -0.496. The number of anilines is 2. The largest absolute Gasteiger partial charge is 0.394 e. The van der Waals surface area contributed by atoms with Crippen molar-refractivity contribution in [3.63, 3.8) is 0 Å². The van der Waals surface area contributed by atoms with Crippen LogP contribution in [0.2, 0.25) is 5.28 Å². The summed E-state index contributed by atoms with van der Waals surface area (Å²) in [6.45, 7) is 4.32. The summed E-state index contributed by atoms with van der Waals surface area (Å²) < 4.78 is 4.85. The predicted molar refractivity (Wildman–Crippen MR) is 74.2 cm³/mol. The van der Waals surface area contributed by atoms with Gasteiger partial charge in [-0.3, -0.25) is 4.79 Å². The molecule has 0 saturated heterocycles. The fourth-order valence-corrected chi connectivity index (χ4v) is 1.57. The molecule has 1 heterocycles. The third kappa shape index (κ3) is 4.53. The molecule has 0 radical (unpaired) electrons. The Morgan fingerprint density at radius 2 is 2.21 bits per heavy atom. The van der Waals surface area contributed by atoms with Crippen LogP contribution in [0.25, 0.3) is 0 Å². The number of halogens is 1. The van der Waals surface area contributed by atoms with Crippen LogP contribution in [0.1, 0.15) is 12.6 Å². The van der Waals surface area contributed by atoms with Gasteiger partial charge < -0.3 is 21.1 Å². The summed E-state index contributed by atoms with van der Waals surface area (Å²) in [4.78, 5) is 19.6. The topological polar surface area (TPSA) is 102 Å². The molecule has 7 nitrogen and oxygen atoms in total. The van der Waals surface area contributed by atoms with Crippen LogP contribution in [0, 0.1) is 6.92 Å². The molecule has 1 rings (SSSR count). The maximum Gasteiger partial charge on any atom is 0.242 e. The Bertz CT molecular complexity index is 455. The Balaban J connectivity index is 2.66. The Morgan fingerprint density at radius 1 is 1.53 bits per heavy atom. The van der Waals surface area contributed by atoms with Crippen LogP contribution < -0.4 is 16.4 Å². The number of nitrogens with one attached hydrogen (secondary N) is 2. The zero-order valence-corrected chi connectivity index (χ0v) is 11.9. The molecule has 0 aliphatic heterocycles. The van der Waals surface area contributed by atoms with Crippen molar-refractivity contribution < 1.29 is 9.53 Å². The maximum atomic E-state index is 11.8. The number of nitrogen functional groups attached to an aromatic ring is 1. The van der Waals surface area contributed by atoms with Crippen LogP contribution in [0.15, 0.2) is 0 Å². The first kappa shape index (κ1) is 15.5. The van der Waals surface area contributed by atoms with Crippen molar-refractivity contribution in [1.29, 1.82) is 0 Å². The number of carbonyl (C=O) groups is 1. The van der Waals surface area contributed by atoms with E-state index < -0.39 is 6.04 Å². The van der Waals surface area contributed by atoms with Crippen LogP contribution in [-0.2, 0) is 9.53 Å². The number of hydrogen-bond donors (Lipinski definition) is 3. The standard InChI is InChI=1S/C11H18ClN5O2/c1-6-8(13)9(17-11(12)16-6)15-7(2)10(18)14-4-5-19-3/h7H,4-5,13H2,1-3H3,(H,14,18)(H,15,16,17). The number of nitrogens with zero attached hydrogens (tertiary/aromatic N) is 2. The molecular formula is C11H18ClN5O2. The second-order valence-electron chi connectivity index (χ2n) is 3.99. The Kier molecular flexibility index (Phi) is 5.78. The number of rotatable bonds is 6. The molecule has 0 spiro atoms. The number of amides is 1. The van der Waals surface area contributed by atoms with Gasteiger partial charge in [0.15, 0.2) is 5.82 Å². The quantitative estimate of drug-likeness (QED) is 0.523. The summed E-state index contributed by atoms with van der Waals surface area (Å²) in [5.41, 5.74) is 6.76. The van der Waals surface area contributed by atoms with Gasteiger partial charge in [-0.25, -0.2) is 4.98 Å². The summed E-state index contributed by atoms with van der Waals surface area (Å²) in [7, 11) is 1.57. The van der Waals surface area contributed by atoms with Gasteiger partial charge in [0.05, 0.1) is 18.0 Å². The SMILES string of the molecule is COCCNC(=O)C(C)Nc1nc(Cl)nc(C)c1N. The summed E-state index contributed by atoms with van der Waals surface area (Å²) >= 11 is 5.75. The van der Waals surface area contributed by atoms with Crippen molar-refractivity contribution in [3.05, 3.63) is 11.0 Å². The van der Waals surface area contributed by atoms with E-state index in [1.807, 2.05) is 0 Å². The van der Waals surface area contributed by atoms with Crippen LogP contribution in [0.5, 0.6) is 0 Å². The minimum atomic E-state index is -0.496. The highest BCUT2D eigenvalue weighted by Gasteiger charge is 2.15. The van der Waals surface area contributed by atoms with Crippen molar-refractivity contribution in [2.24, 2.45) is 0 Å². The van der Waals surface area contributed by atoms with E-state index in [-0.39, 0.29) is 11.2 Å². The average Bonchev–Trinajstić information content (AvgIpc) is 2.35. The van der Waals surface area contributed by atoms with Gasteiger partial charge in [-0.05, 0) is 25.4 Å². The lowest BCUT2D eigenvalue weighted by atomic mass is 10.3. The fourth-order valence-electron chi connectivity index (χ4n) is 1.36. The van der Waals surface area contributed by atoms with Crippen molar-refractivity contribution in [1.82, 2.24) is 15.3 Å². The highest BCUT2D eigenvalue weighted by molar-refractivity contribution is 6.28. The van der Waals surface area contributed by atoms with E-state index in [0.717, 1.165) is 0 Å². The lowest BCUT2D eigenvalue weighted by Crippen LogP contribution is -2.39. The molecule has 1 aromatic heterocycles. The molecule has 0 fully saturated rings. The van der Waals surface area contributed by atoms with Gasteiger partial charge in [0.25, 0.3) is 0 Å². The summed E-state index contributed by atoms with van der Waals surface area (Å²) in [6.07, 6.45) is 0. The van der Waals surface area contributed by atoms with Crippen molar-refractivity contribution in [2.45, 2.75) is 19.9 Å². The smallest absolute Gasteiger partial charge is 0.242 e.